The number of imidazole rings is 1. The van der Waals surface area contributed by atoms with Crippen LogP contribution in [-0.4, -0.2) is 95.7 Å². The van der Waals surface area contributed by atoms with Crippen LogP contribution in [0.2, 0.25) is 0 Å². The average molecular weight is 854 g/mol. The monoisotopic (exact) mass is 853 g/mol. The van der Waals surface area contributed by atoms with Crippen molar-refractivity contribution in [3.63, 3.8) is 0 Å². The first-order valence-corrected chi connectivity index (χ1v) is 21.8. The summed E-state index contributed by atoms with van der Waals surface area (Å²) in [5.41, 5.74) is 2.38. The van der Waals surface area contributed by atoms with E-state index in [1.807, 2.05) is 18.2 Å². The number of nitrogens with one attached hydrogen (secondary N) is 3. The summed E-state index contributed by atoms with van der Waals surface area (Å²) >= 11 is 0. The van der Waals surface area contributed by atoms with E-state index in [2.05, 4.69) is 47.9 Å². The Morgan fingerprint density at radius 1 is 1.02 bits per heavy atom. The van der Waals surface area contributed by atoms with Gasteiger partial charge in [-0.15, -0.1) is 0 Å². The Morgan fingerprint density at radius 2 is 1.79 bits per heavy atom. The van der Waals surface area contributed by atoms with Crippen LogP contribution in [0, 0.1) is 11.8 Å². The number of carbonyl (C=O) groups is 3. The van der Waals surface area contributed by atoms with Crippen LogP contribution in [-0.2, 0) is 23.2 Å². The number of hydrogen-bond donors (Lipinski definition) is 3. The van der Waals surface area contributed by atoms with Crippen LogP contribution in [0.15, 0.2) is 58.2 Å². The maximum Gasteiger partial charge on any atom is 0.329 e. The van der Waals surface area contributed by atoms with Crippen molar-refractivity contribution in [2.24, 2.45) is 18.9 Å². The molecule has 18 heteroatoms. The largest absolute Gasteiger partial charge is 0.444 e. The normalized spacial score (nSPS) is 21.5. The number of piperidine rings is 2. The molecule has 4 aliphatic rings. The van der Waals surface area contributed by atoms with E-state index in [4.69, 9.17) is 4.42 Å². The number of rotatable bonds is 14. The highest BCUT2D eigenvalue weighted by molar-refractivity contribution is 6.03. The smallest absolute Gasteiger partial charge is 0.329 e. The van der Waals surface area contributed by atoms with Crippen molar-refractivity contribution in [3.8, 4) is 11.5 Å². The van der Waals surface area contributed by atoms with Crippen molar-refractivity contribution in [1.82, 2.24) is 44.0 Å². The fourth-order valence-electron chi connectivity index (χ4n) is 9.56. The van der Waals surface area contributed by atoms with Crippen LogP contribution in [0.5, 0.6) is 0 Å². The minimum atomic E-state index is -2.87. The first-order chi connectivity index (χ1) is 30.0. The minimum Gasteiger partial charge on any atom is -0.444 e. The lowest BCUT2D eigenvalue weighted by atomic mass is 9.85. The number of benzene rings is 1. The summed E-state index contributed by atoms with van der Waals surface area (Å²) in [6.45, 7) is 4.30. The molecule has 6 heterocycles. The van der Waals surface area contributed by atoms with E-state index in [-0.39, 0.29) is 41.3 Å². The van der Waals surface area contributed by atoms with Gasteiger partial charge in [-0.2, -0.15) is 5.10 Å². The lowest BCUT2D eigenvalue weighted by molar-refractivity contribution is -0.135. The number of alkyl halides is 2. The summed E-state index contributed by atoms with van der Waals surface area (Å²) in [7, 11) is 3.93. The van der Waals surface area contributed by atoms with Gasteiger partial charge in [-0.3, -0.25) is 38.4 Å². The molecule has 5 aromatic rings. The fourth-order valence-corrected chi connectivity index (χ4v) is 9.56. The number of imide groups is 1. The molecule has 3 amide bonds. The Balaban J connectivity index is 0.760. The summed E-state index contributed by atoms with van der Waals surface area (Å²) in [6, 6.07) is 9.04. The Bertz CT molecular complexity index is 2510. The van der Waals surface area contributed by atoms with Crippen LogP contribution in [0.25, 0.3) is 22.5 Å². The third kappa shape index (κ3) is 8.80. The number of aromatic nitrogens is 6. The second-order valence-electron chi connectivity index (χ2n) is 17.5. The maximum atomic E-state index is 14.2. The maximum absolute atomic E-state index is 14.2. The summed E-state index contributed by atoms with van der Waals surface area (Å²) in [5.74, 6) is 0.642. The Labute approximate surface area is 357 Å². The number of nitrogens with zero attached hydrogens (tertiary/aromatic N) is 8. The number of hydrogen-bond acceptors (Lipinski definition) is 11. The van der Waals surface area contributed by atoms with Gasteiger partial charge in [0.05, 0.1) is 22.8 Å². The molecule has 2 saturated heterocycles. The SMILES string of the molecule is CN(CC1CCC(n2cc(NC(=O)c3coc(-c4ccnc(NCC5CC5)c4)n3)c(C(F)F)n2)CC1)C1CCN(Cc2cccc3c2n(C)c(=O)n3C2CCC(=O)NC2=O)CC1. The molecule has 4 aromatic heterocycles. The molecule has 3 N–H and O–H groups in total. The zero-order chi connectivity index (χ0) is 43.1. The number of aryl methyl sites for hydroxylation is 1. The van der Waals surface area contributed by atoms with Crippen LogP contribution >= 0.6 is 0 Å². The predicted molar refractivity (Wildman–Crippen MR) is 227 cm³/mol. The molecule has 1 aromatic carbocycles. The van der Waals surface area contributed by atoms with E-state index >= 15 is 0 Å². The van der Waals surface area contributed by atoms with E-state index in [1.54, 1.807) is 34.6 Å². The van der Waals surface area contributed by atoms with Gasteiger partial charge < -0.3 is 20.0 Å². The van der Waals surface area contributed by atoms with Gasteiger partial charge in [-0.1, -0.05) is 12.1 Å². The summed E-state index contributed by atoms with van der Waals surface area (Å²) in [5, 5.41) is 12.6. The predicted octanol–water partition coefficient (Wildman–Crippen LogP) is 5.90. The molecular weight excluding hydrogens is 801 g/mol. The number of halogens is 2. The van der Waals surface area contributed by atoms with Gasteiger partial charge in [0, 0.05) is 57.1 Å². The lowest BCUT2D eigenvalue weighted by Crippen LogP contribution is -2.44. The molecule has 2 aliphatic carbocycles. The second-order valence-corrected chi connectivity index (χ2v) is 17.5. The third-order valence-corrected chi connectivity index (χ3v) is 13.2. The van der Waals surface area contributed by atoms with Crippen LogP contribution in [0.1, 0.15) is 104 Å². The van der Waals surface area contributed by atoms with Gasteiger partial charge >= 0.3 is 5.69 Å². The van der Waals surface area contributed by atoms with Gasteiger partial charge in [0.15, 0.2) is 11.4 Å². The number of fused-ring (bicyclic) bond motifs is 1. The number of likely N-dealkylation sites (tertiary alicyclic amines) is 1. The van der Waals surface area contributed by atoms with Crippen molar-refractivity contribution in [2.45, 2.75) is 95.3 Å². The number of anilines is 2. The van der Waals surface area contributed by atoms with E-state index in [0.29, 0.717) is 47.7 Å². The summed E-state index contributed by atoms with van der Waals surface area (Å²) < 4.78 is 38.8. The quantitative estimate of drug-likeness (QED) is 0.113. The van der Waals surface area contributed by atoms with Crippen molar-refractivity contribution in [3.05, 3.63) is 76.4 Å². The van der Waals surface area contributed by atoms with Crippen LogP contribution in [0.4, 0.5) is 20.3 Å². The first kappa shape index (κ1) is 41.6. The molecule has 1 atom stereocenters. The molecule has 0 bridgehead atoms. The number of amides is 3. The van der Waals surface area contributed by atoms with E-state index < -0.39 is 30.0 Å². The highest BCUT2D eigenvalue weighted by atomic mass is 19.3. The number of carbonyl (C=O) groups excluding carboxylic acids is 3. The molecule has 2 saturated carbocycles. The minimum absolute atomic E-state index is 0.0301. The Morgan fingerprint density at radius 3 is 2.53 bits per heavy atom. The van der Waals surface area contributed by atoms with E-state index in [1.165, 1.54) is 29.9 Å². The van der Waals surface area contributed by atoms with Gasteiger partial charge in [0.1, 0.15) is 18.1 Å². The lowest BCUT2D eigenvalue weighted by Gasteiger charge is -2.39. The van der Waals surface area contributed by atoms with Crippen molar-refractivity contribution in [1.29, 1.82) is 0 Å². The fraction of sp³-hybridized carbons (Fsp3) is 0.523. The zero-order valence-corrected chi connectivity index (χ0v) is 35.1. The number of oxazole rings is 1. The molecule has 0 radical (unpaired) electrons. The summed E-state index contributed by atoms with van der Waals surface area (Å²) in [6.07, 6.45) is 9.91. The molecule has 4 fully saturated rings. The number of para-hydroxylation sites is 1. The van der Waals surface area contributed by atoms with Crippen molar-refractivity contribution < 1.29 is 27.6 Å². The highest BCUT2D eigenvalue weighted by Crippen LogP contribution is 2.36. The summed E-state index contributed by atoms with van der Waals surface area (Å²) in [4.78, 5) is 64.6. The number of pyridine rings is 1. The molecule has 9 rings (SSSR count). The average Bonchev–Trinajstić information content (AvgIpc) is 3.67. The van der Waals surface area contributed by atoms with Gasteiger partial charge in [-0.25, -0.2) is 23.5 Å². The van der Waals surface area contributed by atoms with Gasteiger partial charge in [0.25, 0.3) is 12.3 Å². The Hall–Kier alpha value is -5.75. The van der Waals surface area contributed by atoms with Gasteiger partial charge in [0.2, 0.25) is 17.7 Å². The van der Waals surface area contributed by atoms with Crippen LogP contribution < -0.4 is 21.6 Å². The zero-order valence-electron chi connectivity index (χ0n) is 35.1. The van der Waals surface area contributed by atoms with Gasteiger partial charge in [-0.05, 0) is 114 Å². The standard InChI is InChI=1S/C44H53F2N11O5/c1-53(30-15-18-55(19-16-30)23-29-4-3-5-34-39(29)54(2)44(61)57(34)35-12-13-37(58)51-42(35)60)22-27-8-10-31(11-9-27)56-24-32(38(52-56)40(45)46)49-41(59)33-25-62-43(50-33)28-14-17-47-36(20-28)48-21-26-6-7-26/h3-5,14,17,20,24-27,30-31,35,40H,6-13,15-16,18-19,21-23H2,1-2H3,(H,47,48)(H,49,59)(H,51,58,60). The van der Waals surface area contributed by atoms with E-state index in [0.717, 1.165) is 75.8 Å². The highest BCUT2D eigenvalue weighted by Gasteiger charge is 2.33. The van der Waals surface area contributed by atoms with E-state index in [9.17, 15) is 28.0 Å². The van der Waals surface area contributed by atoms with Crippen LogP contribution in [0.3, 0.4) is 0 Å². The molecule has 2 aliphatic heterocycles. The second kappa shape index (κ2) is 17.6. The third-order valence-electron chi connectivity index (χ3n) is 13.2. The molecule has 16 nitrogen and oxygen atoms in total. The molecule has 1 unspecified atom stereocenters. The molecule has 0 spiro atoms. The van der Waals surface area contributed by atoms with Crippen molar-refractivity contribution in [2.75, 3.05) is 43.9 Å². The molecular formula is C44H53F2N11O5. The molecule has 328 valence electrons. The Kier molecular flexibility index (Phi) is 11.8. The van der Waals surface area contributed by atoms with Crippen molar-refractivity contribution >= 4 is 40.3 Å². The first-order valence-electron chi connectivity index (χ1n) is 21.8. The molecule has 62 heavy (non-hydrogen) atoms. The topological polar surface area (TPSA) is 177 Å².